The van der Waals surface area contributed by atoms with Gasteiger partial charge in [-0.15, -0.1) is 0 Å². The summed E-state index contributed by atoms with van der Waals surface area (Å²) in [6, 6.07) is 6.77. The van der Waals surface area contributed by atoms with Gasteiger partial charge in [-0.1, -0.05) is 76.8 Å². The van der Waals surface area contributed by atoms with Gasteiger partial charge in [0.2, 0.25) is 0 Å². The summed E-state index contributed by atoms with van der Waals surface area (Å²) in [4.78, 5) is 23.7. The van der Waals surface area contributed by atoms with E-state index in [4.69, 9.17) is 14.2 Å². The molecule has 0 radical (unpaired) electrons. The smallest absolute Gasteiger partial charge is 0.422 e. The number of ether oxygens (including phenoxy) is 3. The van der Waals surface area contributed by atoms with Crippen LogP contribution >= 0.6 is 0 Å². The number of rotatable bonds is 14. The van der Waals surface area contributed by atoms with E-state index in [0.717, 1.165) is 19.3 Å². The number of para-hydroxylation sites is 2. The molecule has 158 valence electrons. The molecule has 0 heterocycles. The molecule has 0 aromatic heterocycles. The topological polar surface area (TPSA) is 61.8 Å². The van der Waals surface area contributed by atoms with Gasteiger partial charge in [0.25, 0.3) is 0 Å². The van der Waals surface area contributed by atoms with Crippen LogP contribution in [-0.4, -0.2) is 24.6 Å². The largest absolute Gasteiger partial charge is 0.487 e. The molecule has 0 atom stereocenters. The number of hydrogen-bond acceptors (Lipinski definition) is 5. The SMILES string of the molecule is CCCCCCCCCCCCOC(=O)C(=O)Oc1ccccc1OC(C)C. The first-order valence-electron chi connectivity index (χ1n) is 10.7. The van der Waals surface area contributed by atoms with Crippen LogP contribution in [-0.2, 0) is 14.3 Å². The van der Waals surface area contributed by atoms with Gasteiger partial charge in [0, 0.05) is 0 Å². The van der Waals surface area contributed by atoms with Crippen molar-refractivity contribution in [1.82, 2.24) is 0 Å². The Bertz CT molecular complexity index is 568. The Kier molecular flexibility index (Phi) is 12.8. The zero-order valence-corrected chi connectivity index (χ0v) is 17.7. The molecule has 5 heteroatoms. The highest BCUT2D eigenvalue weighted by Gasteiger charge is 2.20. The van der Waals surface area contributed by atoms with Crippen molar-refractivity contribution in [1.29, 1.82) is 0 Å². The van der Waals surface area contributed by atoms with Crippen molar-refractivity contribution in [3.05, 3.63) is 24.3 Å². The summed E-state index contributed by atoms with van der Waals surface area (Å²) in [5.41, 5.74) is 0. The third-order valence-corrected chi connectivity index (χ3v) is 4.31. The molecule has 5 nitrogen and oxygen atoms in total. The summed E-state index contributed by atoms with van der Waals surface area (Å²) in [5.74, 6) is -1.34. The first-order valence-corrected chi connectivity index (χ1v) is 10.7. The molecule has 1 aromatic carbocycles. The van der Waals surface area contributed by atoms with E-state index in [9.17, 15) is 9.59 Å². The Morgan fingerprint density at radius 2 is 1.32 bits per heavy atom. The van der Waals surface area contributed by atoms with Gasteiger partial charge >= 0.3 is 11.9 Å². The van der Waals surface area contributed by atoms with E-state index in [1.54, 1.807) is 24.3 Å². The standard InChI is InChI=1S/C23H36O5/c1-4-5-6-7-8-9-10-11-12-15-18-26-22(24)23(25)28-21-17-14-13-16-20(21)27-19(2)3/h13-14,16-17,19H,4-12,15,18H2,1-3H3. The molecule has 0 bridgehead atoms. The van der Waals surface area contributed by atoms with Crippen LogP contribution in [0.3, 0.4) is 0 Å². The average molecular weight is 393 g/mol. The molecule has 0 aliphatic heterocycles. The third kappa shape index (κ3) is 11.0. The van der Waals surface area contributed by atoms with E-state index in [0.29, 0.717) is 5.75 Å². The van der Waals surface area contributed by atoms with Gasteiger partial charge in [0.05, 0.1) is 12.7 Å². The van der Waals surface area contributed by atoms with Crippen molar-refractivity contribution in [2.45, 2.75) is 91.1 Å². The molecule has 0 N–H and O–H groups in total. The van der Waals surface area contributed by atoms with Crippen LogP contribution in [0.15, 0.2) is 24.3 Å². The molecule has 0 spiro atoms. The van der Waals surface area contributed by atoms with Gasteiger partial charge < -0.3 is 14.2 Å². The maximum absolute atomic E-state index is 11.9. The molecule has 28 heavy (non-hydrogen) atoms. The van der Waals surface area contributed by atoms with E-state index in [2.05, 4.69) is 6.92 Å². The zero-order chi connectivity index (χ0) is 20.6. The van der Waals surface area contributed by atoms with Crippen LogP contribution in [0.2, 0.25) is 0 Å². The Balaban J connectivity index is 2.15. The van der Waals surface area contributed by atoms with Crippen molar-refractivity contribution in [2.24, 2.45) is 0 Å². The van der Waals surface area contributed by atoms with E-state index in [1.165, 1.54) is 44.9 Å². The van der Waals surface area contributed by atoms with E-state index in [1.807, 2.05) is 13.8 Å². The maximum Gasteiger partial charge on any atom is 0.422 e. The lowest BCUT2D eigenvalue weighted by Gasteiger charge is -2.13. The van der Waals surface area contributed by atoms with Crippen molar-refractivity contribution < 1.29 is 23.8 Å². The summed E-state index contributed by atoms with van der Waals surface area (Å²) in [7, 11) is 0. The molecule has 0 amide bonds. The Labute approximate surface area is 169 Å². The molecule has 0 aliphatic carbocycles. The molecule has 1 aromatic rings. The summed E-state index contributed by atoms with van der Waals surface area (Å²) >= 11 is 0. The fourth-order valence-corrected chi connectivity index (χ4v) is 2.84. The second-order valence-electron chi connectivity index (χ2n) is 7.32. The van der Waals surface area contributed by atoms with Gasteiger partial charge in [0.15, 0.2) is 11.5 Å². The van der Waals surface area contributed by atoms with E-state index in [-0.39, 0.29) is 18.5 Å². The fraction of sp³-hybridized carbons (Fsp3) is 0.652. The quantitative estimate of drug-likeness (QED) is 0.172. The minimum Gasteiger partial charge on any atom is -0.487 e. The van der Waals surface area contributed by atoms with Crippen LogP contribution < -0.4 is 9.47 Å². The lowest BCUT2D eigenvalue weighted by molar-refractivity contribution is -0.162. The fourth-order valence-electron chi connectivity index (χ4n) is 2.84. The molecule has 0 unspecified atom stereocenters. The molecule has 0 fully saturated rings. The molecular weight excluding hydrogens is 356 g/mol. The van der Waals surface area contributed by atoms with Crippen LogP contribution in [0.5, 0.6) is 11.5 Å². The van der Waals surface area contributed by atoms with Crippen molar-refractivity contribution >= 4 is 11.9 Å². The number of carbonyl (C=O) groups is 2. The van der Waals surface area contributed by atoms with E-state index < -0.39 is 11.9 Å². The predicted octanol–water partition coefficient (Wildman–Crippen LogP) is 5.84. The van der Waals surface area contributed by atoms with Gasteiger partial charge in [0.1, 0.15) is 0 Å². The predicted molar refractivity (Wildman–Crippen MR) is 111 cm³/mol. The molecule has 0 aliphatic rings. The van der Waals surface area contributed by atoms with Crippen molar-refractivity contribution in [3.63, 3.8) is 0 Å². The summed E-state index contributed by atoms with van der Waals surface area (Å²) in [6.45, 7) is 6.22. The van der Waals surface area contributed by atoms with E-state index >= 15 is 0 Å². The first-order chi connectivity index (χ1) is 13.5. The number of benzene rings is 1. The number of hydrogen-bond donors (Lipinski definition) is 0. The van der Waals surface area contributed by atoms with Crippen LogP contribution in [0.4, 0.5) is 0 Å². The lowest BCUT2D eigenvalue weighted by Crippen LogP contribution is -2.23. The van der Waals surface area contributed by atoms with Crippen LogP contribution in [0.25, 0.3) is 0 Å². The number of carbonyl (C=O) groups excluding carboxylic acids is 2. The zero-order valence-electron chi connectivity index (χ0n) is 17.7. The molecule has 0 saturated heterocycles. The minimum atomic E-state index is -1.02. The molecule has 0 saturated carbocycles. The van der Waals surface area contributed by atoms with Gasteiger partial charge in [-0.25, -0.2) is 9.59 Å². The minimum absolute atomic E-state index is 0.0665. The number of esters is 2. The number of unbranched alkanes of at least 4 members (excludes halogenated alkanes) is 9. The van der Waals surface area contributed by atoms with Gasteiger partial charge in [-0.3, -0.25) is 0 Å². The Morgan fingerprint density at radius 1 is 0.786 bits per heavy atom. The van der Waals surface area contributed by atoms with Crippen LogP contribution in [0.1, 0.15) is 85.0 Å². The second-order valence-corrected chi connectivity index (χ2v) is 7.32. The summed E-state index contributed by atoms with van der Waals surface area (Å²) in [5, 5.41) is 0. The van der Waals surface area contributed by atoms with Gasteiger partial charge in [-0.05, 0) is 32.4 Å². The normalized spacial score (nSPS) is 10.7. The van der Waals surface area contributed by atoms with Crippen molar-refractivity contribution in [3.8, 4) is 11.5 Å². The Hall–Kier alpha value is -2.04. The molecule has 1 rings (SSSR count). The Morgan fingerprint density at radius 3 is 1.89 bits per heavy atom. The third-order valence-electron chi connectivity index (χ3n) is 4.31. The molecular formula is C23H36O5. The first kappa shape index (κ1) is 24.0. The average Bonchev–Trinajstić information content (AvgIpc) is 2.67. The lowest BCUT2D eigenvalue weighted by atomic mass is 10.1. The highest BCUT2D eigenvalue weighted by molar-refractivity contribution is 6.30. The van der Waals surface area contributed by atoms with Gasteiger partial charge in [-0.2, -0.15) is 0 Å². The second kappa shape index (κ2) is 14.9. The summed E-state index contributed by atoms with van der Waals surface area (Å²) in [6.07, 6.45) is 11.9. The maximum atomic E-state index is 11.9. The van der Waals surface area contributed by atoms with Crippen LogP contribution in [0, 0.1) is 0 Å². The monoisotopic (exact) mass is 392 g/mol. The summed E-state index contributed by atoms with van der Waals surface area (Å²) < 4.78 is 15.7. The highest BCUT2D eigenvalue weighted by atomic mass is 16.6. The van der Waals surface area contributed by atoms with Crippen molar-refractivity contribution in [2.75, 3.05) is 6.61 Å². The highest BCUT2D eigenvalue weighted by Crippen LogP contribution is 2.27.